The Bertz CT molecular complexity index is 355. The number of nitrogens with one attached hydrogen (secondary N) is 1. The molecule has 1 aromatic carbocycles. The summed E-state index contributed by atoms with van der Waals surface area (Å²) in [5, 5.41) is 3.31. The van der Waals surface area contributed by atoms with Crippen LogP contribution >= 0.6 is 15.9 Å². The van der Waals surface area contributed by atoms with Crippen molar-refractivity contribution in [1.82, 2.24) is 10.2 Å². The molecule has 0 aliphatic heterocycles. The first-order chi connectivity index (χ1) is 8.00. The summed E-state index contributed by atoms with van der Waals surface area (Å²) in [6, 6.07) is 5.78. The minimum Gasteiger partial charge on any atom is -0.311 e. The van der Waals surface area contributed by atoms with Gasteiger partial charge < -0.3 is 10.2 Å². The van der Waals surface area contributed by atoms with Gasteiger partial charge in [0.05, 0.1) is 4.47 Å². The fourth-order valence-corrected chi connectivity index (χ4v) is 1.64. The fourth-order valence-electron chi connectivity index (χ4n) is 1.40. The van der Waals surface area contributed by atoms with Crippen molar-refractivity contribution >= 4 is 15.9 Å². The Morgan fingerprint density at radius 2 is 2.12 bits per heavy atom. The number of halogens is 2. The maximum Gasteiger partial charge on any atom is 0.137 e. The molecule has 1 aromatic rings. The molecule has 0 aliphatic rings. The molecule has 0 saturated carbocycles. The molecule has 0 saturated heterocycles. The van der Waals surface area contributed by atoms with E-state index >= 15 is 0 Å². The fraction of sp³-hybridized carbons (Fsp3) is 0.538. The number of benzene rings is 1. The monoisotopic (exact) mass is 302 g/mol. The third-order valence-corrected chi connectivity index (χ3v) is 3.48. The third kappa shape index (κ3) is 5.15. The Balaban J connectivity index is 2.29. The van der Waals surface area contributed by atoms with Crippen LogP contribution in [-0.4, -0.2) is 31.1 Å². The van der Waals surface area contributed by atoms with Gasteiger partial charge in [-0.1, -0.05) is 6.07 Å². The summed E-state index contributed by atoms with van der Waals surface area (Å²) in [7, 11) is 2.10. The van der Waals surface area contributed by atoms with Crippen LogP contribution in [0.15, 0.2) is 22.7 Å². The van der Waals surface area contributed by atoms with Crippen molar-refractivity contribution in [3.63, 3.8) is 0 Å². The van der Waals surface area contributed by atoms with Gasteiger partial charge in [0.15, 0.2) is 0 Å². The molecule has 1 N–H and O–H groups in total. The molecule has 2 nitrogen and oxygen atoms in total. The zero-order valence-electron chi connectivity index (χ0n) is 10.6. The third-order valence-electron chi connectivity index (χ3n) is 2.84. The summed E-state index contributed by atoms with van der Waals surface area (Å²) in [5.74, 6) is -0.205. The number of hydrogen-bond acceptors (Lipinski definition) is 2. The summed E-state index contributed by atoms with van der Waals surface area (Å²) in [6.45, 7) is 6.95. The van der Waals surface area contributed by atoms with Crippen LogP contribution in [0.4, 0.5) is 4.39 Å². The lowest BCUT2D eigenvalue weighted by Crippen LogP contribution is -2.33. The quantitative estimate of drug-likeness (QED) is 0.813. The molecule has 0 spiro atoms. The van der Waals surface area contributed by atoms with Crippen molar-refractivity contribution in [3.8, 4) is 0 Å². The van der Waals surface area contributed by atoms with Crippen molar-refractivity contribution in [2.75, 3.05) is 20.1 Å². The lowest BCUT2D eigenvalue weighted by atomic mass is 10.2. The van der Waals surface area contributed by atoms with Crippen LogP contribution < -0.4 is 5.32 Å². The molecular weight excluding hydrogens is 283 g/mol. The normalized spacial score (nSPS) is 11.5. The van der Waals surface area contributed by atoms with E-state index in [2.05, 4.69) is 47.0 Å². The molecule has 0 amide bonds. The summed E-state index contributed by atoms with van der Waals surface area (Å²) in [4.78, 5) is 2.27. The van der Waals surface area contributed by atoms with E-state index in [4.69, 9.17) is 0 Å². The van der Waals surface area contributed by atoms with E-state index in [1.165, 1.54) is 0 Å². The van der Waals surface area contributed by atoms with Gasteiger partial charge in [0, 0.05) is 25.7 Å². The van der Waals surface area contributed by atoms with Crippen LogP contribution in [0.2, 0.25) is 0 Å². The van der Waals surface area contributed by atoms with E-state index in [0.29, 0.717) is 17.1 Å². The smallest absolute Gasteiger partial charge is 0.137 e. The van der Waals surface area contributed by atoms with Gasteiger partial charge in [0.2, 0.25) is 0 Å². The standard InChI is InChI=1S/C13H20BrFN2/c1-10(2)17(3)7-6-16-9-11-4-5-12(14)13(15)8-11/h4-5,8,10,16H,6-7,9H2,1-3H3. The minimum atomic E-state index is -0.205. The molecule has 4 heteroatoms. The number of likely N-dealkylation sites (N-methyl/N-ethyl adjacent to an activating group) is 1. The highest BCUT2D eigenvalue weighted by Crippen LogP contribution is 2.16. The topological polar surface area (TPSA) is 15.3 Å². The first-order valence-corrected chi connectivity index (χ1v) is 6.65. The lowest BCUT2D eigenvalue weighted by molar-refractivity contribution is 0.273. The molecule has 1 rings (SSSR count). The van der Waals surface area contributed by atoms with Crippen molar-refractivity contribution in [1.29, 1.82) is 0 Å². The van der Waals surface area contributed by atoms with E-state index in [-0.39, 0.29) is 5.82 Å². The van der Waals surface area contributed by atoms with Crippen LogP contribution in [0.1, 0.15) is 19.4 Å². The molecule has 0 fully saturated rings. The SMILES string of the molecule is CC(C)N(C)CCNCc1ccc(Br)c(F)c1. The molecule has 0 bridgehead atoms. The van der Waals surface area contributed by atoms with Gasteiger partial charge >= 0.3 is 0 Å². The minimum absolute atomic E-state index is 0.205. The van der Waals surface area contributed by atoms with Crippen molar-refractivity contribution < 1.29 is 4.39 Å². The van der Waals surface area contributed by atoms with Crippen LogP contribution in [-0.2, 0) is 6.54 Å². The first kappa shape index (κ1) is 14.6. The second kappa shape index (κ2) is 7.09. The van der Waals surface area contributed by atoms with E-state index in [1.54, 1.807) is 12.1 Å². The molecule has 17 heavy (non-hydrogen) atoms. The van der Waals surface area contributed by atoms with Gasteiger partial charge in [-0.15, -0.1) is 0 Å². The average molecular weight is 303 g/mol. The maximum atomic E-state index is 13.2. The Kier molecular flexibility index (Phi) is 6.09. The molecule has 0 heterocycles. The van der Waals surface area contributed by atoms with Gasteiger partial charge in [0.25, 0.3) is 0 Å². The summed E-state index contributed by atoms with van der Waals surface area (Å²) in [6.07, 6.45) is 0. The highest BCUT2D eigenvalue weighted by atomic mass is 79.9. The molecule has 0 aromatic heterocycles. The zero-order valence-corrected chi connectivity index (χ0v) is 12.2. The first-order valence-electron chi connectivity index (χ1n) is 5.85. The van der Waals surface area contributed by atoms with E-state index < -0.39 is 0 Å². The molecule has 0 unspecified atom stereocenters. The van der Waals surface area contributed by atoms with E-state index in [1.807, 2.05) is 6.07 Å². The molecular formula is C13H20BrFN2. The predicted molar refractivity (Wildman–Crippen MR) is 73.6 cm³/mol. The Morgan fingerprint density at radius 3 is 2.71 bits per heavy atom. The lowest BCUT2D eigenvalue weighted by Gasteiger charge is -2.20. The van der Waals surface area contributed by atoms with E-state index in [0.717, 1.165) is 18.7 Å². The second-order valence-corrected chi connectivity index (χ2v) is 5.35. The van der Waals surface area contributed by atoms with Gasteiger partial charge in [-0.25, -0.2) is 4.39 Å². The molecule has 0 radical (unpaired) electrons. The molecule has 0 aliphatic carbocycles. The van der Waals surface area contributed by atoms with Gasteiger partial charge in [-0.3, -0.25) is 0 Å². The highest BCUT2D eigenvalue weighted by Gasteiger charge is 2.03. The zero-order chi connectivity index (χ0) is 12.8. The number of hydrogen-bond donors (Lipinski definition) is 1. The largest absolute Gasteiger partial charge is 0.311 e. The summed E-state index contributed by atoms with van der Waals surface area (Å²) >= 11 is 3.14. The van der Waals surface area contributed by atoms with Crippen LogP contribution in [0.3, 0.4) is 0 Å². The predicted octanol–water partition coefficient (Wildman–Crippen LogP) is 3.02. The number of nitrogens with zero attached hydrogens (tertiary/aromatic N) is 1. The molecule has 0 atom stereocenters. The Morgan fingerprint density at radius 1 is 1.41 bits per heavy atom. The maximum absolute atomic E-state index is 13.2. The summed E-state index contributed by atoms with van der Waals surface area (Å²) in [5.41, 5.74) is 0.970. The van der Waals surface area contributed by atoms with Crippen molar-refractivity contribution in [3.05, 3.63) is 34.1 Å². The van der Waals surface area contributed by atoms with Crippen LogP contribution in [0.5, 0.6) is 0 Å². The van der Waals surface area contributed by atoms with Crippen molar-refractivity contribution in [2.45, 2.75) is 26.4 Å². The van der Waals surface area contributed by atoms with E-state index in [9.17, 15) is 4.39 Å². The highest BCUT2D eigenvalue weighted by molar-refractivity contribution is 9.10. The second-order valence-electron chi connectivity index (χ2n) is 4.50. The molecule has 96 valence electrons. The summed E-state index contributed by atoms with van der Waals surface area (Å²) < 4.78 is 13.8. The average Bonchev–Trinajstić information content (AvgIpc) is 2.28. The van der Waals surface area contributed by atoms with Gasteiger partial charge in [-0.05, 0) is 54.5 Å². The van der Waals surface area contributed by atoms with Crippen LogP contribution in [0.25, 0.3) is 0 Å². The Labute approximate surface area is 111 Å². The van der Waals surface area contributed by atoms with Gasteiger partial charge in [0.1, 0.15) is 5.82 Å². The van der Waals surface area contributed by atoms with Crippen LogP contribution in [0, 0.1) is 5.82 Å². The Hall–Kier alpha value is -0.450. The number of rotatable bonds is 6. The van der Waals surface area contributed by atoms with Gasteiger partial charge in [-0.2, -0.15) is 0 Å². The van der Waals surface area contributed by atoms with Crippen molar-refractivity contribution in [2.24, 2.45) is 0 Å².